The predicted octanol–water partition coefficient (Wildman–Crippen LogP) is 0.101. The van der Waals surface area contributed by atoms with E-state index in [9.17, 15) is 4.79 Å². The van der Waals surface area contributed by atoms with Gasteiger partial charge in [-0.3, -0.25) is 4.79 Å². The molecular weight excluding hydrogens is 168 g/mol. The first kappa shape index (κ1) is 9.49. The van der Waals surface area contributed by atoms with Crippen LogP contribution >= 0.6 is 0 Å². The fourth-order valence-corrected chi connectivity index (χ4v) is 1.02. The Balaban J connectivity index is 3.06. The van der Waals surface area contributed by atoms with Crippen LogP contribution in [-0.4, -0.2) is 15.8 Å². The molecule has 0 aliphatic rings. The molecule has 1 rings (SSSR count). The SMILES string of the molecule is C[C@@H](O)Cn1cc(C#N)ccc1=O. The van der Waals surface area contributed by atoms with Gasteiger partial charge in [-0.2, -0.15) is 5.26 Å². The van der Waals surface area contributed by atoms with E-state index < -0.39 is 6.10 Å². The lowest BCUT2D eigenvalue weighted by atomic mass is 10.3. The molecule has 0 spiro atoms. The second-order valence-electron chi connectivity index (χ2n) is 2.87. The van der Waals surface area contributed by atoms with Crippen molar-refractivity contribution in [3.05, 3.63) is 34.2 Å². The van der Waals surface area contributed by atoms with Crippen LogP contribution < -0.4 is 5.56 Å². The Labute approximate surface area is 75.7 Å². The minimum atomic E-state index is -0.591. The standard InChI is InChI=1S/C9H10N2O2/c1-7(12)5-11-6-8(4-10)2-3-9(11)13/h2-3,6-7,12H,5H2,1H3/t7-/m1/s1. The van der Waals surface area contributed by atoms with Gasteiger partial charge in [-0.1, -0.05) is 0 Å². The average Bonchev–Trinajstić information content (AvgIpc) is 2.08. The summed E-state index contributed by atoms with van der Waals surface area (Å²) in [6, 6.07) is 4.71. The van der Waals surface area contributed by atoms with Gasteiger partial charge in [-0.25, -0.2) is 0 Å². The second kappa shape index (κ2) is 3.87. The largest absolute Gasteiger partial charge is 0.392 e. The molecule has 0 aliphatic carbocycles. The van der Waals surface area contributed by atoms with E-state index in [2.05, 4.69) is 0 Å². The van der Waals surface area contributed by atoms with Gasteiger partial charge < -0.3 is 9.67 Å². The maximum atomic E-state index is 11.2. The number of nitriles is 1. The van der Waals surface area contributed by atoms with Crippen LogP contribution in [-0.2, 0) is 6.54 Å². The molecule has 13 heavy (non-hydrogen) atoms. The van der Waals surface area contributed by atoms with Gasteiger partial charge in [0.15, 0.2) is 0 Å². The Bertz CT molecular complexity index is 387. The smallest absolute Gasteiger partial charge is 0.250 e. The molecule has 4 heteroatoms. The Morgan fingerprint density at radius 2 is 2.38 bits per heavy atom. The lowest BCUT2D eigenvalue weighted by molar-refractivity contribution is 0.172. The van der Waals surface area contributed by atoms with E-state index in [0.717, 1.165) is 0 Å². The number of rotatable bonds is 2. The lowest BCUT2D eigenvalue weighted by Gasteiger charge is -2.06. The molecule has 4 nitrogen and oxygen atoms in total. The molecule has 0 amide bonds. The van der Waals surface area contributed by atoms with Gasteiger partial charge in [0.05, 0.1) is 18.2 Å². The normalized spacial score (nSPS) is 12.1. The minimum absolute atomic E-state index is 0.208. The molecule has 0 fully saturated rings. The molecule has 68 valence electrons. The van der Waals surface area contributed by atoms with E-state index in [-0.39, 0.29) is 12.1 Å². The summed E-state index contributed by atoms with van der Waals surface area (Å²) in [5, 5.41) is 17.6. The first-order valence-corrected chi connectivity index (χ1v) is 3.92. The third kappa shape index (κ3) is 2.42. The highest BCUT2D eigenvalue weighted by Crippen LogP contribution is 1.94. The molecule has 1 aromatic heterocycles. The number of nitrogens with zero attached hydrogens (tertiary/aromatic N) is 2. The van der Waals surface area contributed by atoms with Crippen molar-refractivity contribution >= 4 is 0 Å². The van der Waals surface area contributed by atoms with Crippen molar-refractivity contribution in [1.29, 1.82) is 5.26 Å². The zero-order valence-corrected chi connectivity index (χ0v) is 7.27. The van der Waals surface area contributed by atoms with Gasteiger partial charge in [0, 0.05) is 12.3 Å². The van der Waals surface area contributed by atoms with Crippen molar-refractivity contribution in [1.82, 2.24) is 4.57 Å². The molecule has 1 N–H and O–H groups in total. The maximum Gasteiger partial charge on any atom is 0.250 e. The molecule has 1 aromatic rings. The van der Waals surface area contributed by atoms with Crippen LogP contribution in [0.1, 0.15) is 12.5 Å². The fourth-order valence-electron chi connectivity index (χ4n) is 1.02. The maximum absolute atomic E-state index is 11.2. The van der Waals surface area contributed by atoms with Gasteiger partial charge in [-0.15, -0.1) is 0 Å². The molecule has 0 saturated carbocycles. The Morgan fingerprint density at radius 3 is 2.92 bits per heavy atom. The van der Waals surface area contributed by atoms with Crippen molar-refractivity contribution in [2.75, 3.05) is 0 Å². The number of hydrogen-bond donors (Lipinski definition) is 1. The van der Waals surface area contributed by atoms with Gasteiger partial charge in [0.2, 0.25) is 0 Å². The Morgan fingerprint density at radius 1 is 1.69 bits per heavy atom. The van der Waals surface area contributed by atoms with Crippen LogP contribution in [0.5, 0.6) is 0 Å². The summed E-state index contributed by atoms with van der Waals surface area (Å²) in [6.45, 7) is 1.81. The van der Waals surface area contributed by atoms with Gasteiger partial charge >= 0.3 is 0 Å². The van der Waals surface area contributed by atoms with Crippen LogP contribution in [0.25, 0.3) is 0 Å². The zero-order valence-electron chi connectivity index (χ0n) is 7.27. The molecule has 1 atom stereocenters. The molecule has 0 aromatic carbocycles. The van der Waals surface area contributed by atoms with Crippen LogP contribution in [0.3, 0.4) is 0 Å². The molecule has 0 saturated heterocycles. The van der Waals surface area contributed by atoms with Crippen molar-refractivity contribution in [2.45, 2.75) is 19.6 Å². The van der Waals surface area contributed by atoms with Crippen LogP contribution in [0.15, 0.2) is 23.1 Å². The van der Waals surface area contributed by atoms with Crippen molar-refractivity contribution in [3.8, 4) is 6.07 Å². The van der Waals surface area contributed by atoms with E-state index in [4.69, 9.17) is 10.4 Å². The van der Waals surface area contributed by atoms with Crippen molar-refractivity contribution in [2.24, 2.45) is 0 Å². The Hall–Kier alpha value is -1.60. The van der Waals surface area contributed by atoms with Gasteiger partial charge in [0.1, 0.15) is 6.07 Å². The third-order valence-electron chi connectivity index (χ3n) is 1.57. The summed E-state index contributed by atoms with van der Waals surface area (Å²) in [7, 11) is 0. The summed E-state index contributed by atoms with van der Waals surface area (Å²) >= 11 is 0. The summed E-state index contributed by atoms with van der Waals surface area (Å²) in [5.41, 5.74) is 0.208. The lowest BCUT2D eigenvalue weighted by Crippen LogP contribution is -2.24. The summed E-state index contributed by atoms with van der Waals surface area (Å²) in [6.07, 6.45) is 0.848. The molecule has 0 bridgehead atoms. The quantitative estimate of drug-likeness (QED) is 0.698. The molecular formula is C9H10N2O2. The van der Waals surface area contributed by atoms with Crippen molar-refractivity contribution in [3.63, 3.8) is 0 Å². The average molecular weight is 178 g/mol. The Kier molecular flexibility index (Phi) is 2.83. The van der Waals surface area contributed by atoms with E-state index in [1.165, 1.54) is 22.9 Å². The molecule has 0 radical (unpaired) electrons. The highest BCUT2D eigenvalue weighted by molar-refractivity contribution is 5.24. The van der Waals surface area contributed by atoms with Crippen LogP contribution in [0, 0.1) is 11.3 Å². The first-order chi connectivity index (χ1) is 6.13. The van der Waals surface area contributed by atoms with E-state index in [1.54, 1.807) is 6.92 Å². The van der Waals surface area contributed by atoms with Crippen LogP contribution in [0.4, 0.5) is 0 Å². The van der Waals surface area contributed by atoms with Gasteiger partial charge in [0.25, 0.3) is 5.56 Å². The highest BCUT2D eigenvalue weighted by atomic mass is 16.3. The number of aromatic nitrogens is 1. The predicted molar refractivity (Wildman–Crippen MR) is 47.1 cm³/mol. The fraction of sp³-hybridized carbons (Fsp3) is 0.333. The number of hydrogen-bond acceptors (Lipinski definition) is 3. The summed E-state index contributed by atoms with van der Waals surface area (Å²) < 4.78 is 1.32. The number of pyridine rings is 1. The zero-order chi connectivity index (χ0) is 9.84. The molecule has 0 unspecified atom stereocenters. The van der Waals surface area contributed by atoms with Crippen LogP contribution in [0.2, 0.25) is 0 Å². The summed E-state index contributed by atoms with van der Waals surface area (Å²) in [4.78, 5) is 11.2. The number of aliphatic hydroxyl groups is 1. The molecule has 0 aliphatic heterocycles. The van der Waals surface area contributed by atoms with Gasteiger partial charge in [-0.05, 0) is 13.0 Å². The third-order valence-corrected chi connectivity index (χ3v) is 1.57. The van der Waals surface area contributed by atoms with Crippen molar-refractivity contribution < 1.29 is 5.11 Å². The minimum Gasteiger partial charge on any atom is -0.392 e. The molecule has 1 heterocycles. The van der Waals surface area contributed by atoms with E-state index >= 15 is 0 Å². The first-order valence-electron chi connectivity index (χ1n) is 3.92. The summed E-state index contributed by atoms with van der Waals surface area (Å²) in [5.74, 6) is 0. The highest BCUT2D eigenvalue weighted by Gasteiger charge is 2.01. The van der Waals surface area contributed by atoms with E-state index in [0.29, 0.717) is 5.56 Å². The number of aliphatic hydroxyl groups excluding tert-OH is 1. The monoisotopic (exact) mass is 178 g/mol. The second-order valence-corrected chi connectivity index (χ2v) is 2.87. The topological polar surface area (TPSA) is 66.0 Å². The van der Waals surface area contributed by atoms with E-state index in [1.807, 2.05) is 6.07 Å².